The van der Waals surface area contributed by atoms with Crippen LogP contribution in [0.5, 0.6) is 5.75 Å². The number of aromatic nitrogens is 2. The van der Waals surface area contributed by atoms with Crippen molar-refractivity contribution in [3.63, 3.8) is 0 Å². The van der Waals surface area contributed by atoms with Crippen LogP contribution in [0.25, 0.3) is 0 Å². The van der Waals surface area contributed by atoms with Gasteiger partial charge >= 0.3 is 0 Å². The number of carbonyl (C=O) groups is 1. The molecule has 1 aliphatic carbocycles. The highest BCUT2D eigenvalue weighted by Crippen LogP contribution is 2.44. The van der Waals surface area contributed by atoms with Gasteiger partial charge in [0.05, 0.1) is 13.3 Å². The summed E-state index contributed by atoms with van der Waals surface area (Å²) in [6.07, 6.45) is 7.37. The average molecular weight is 409 g/mol. The lowest BCUT2D eigenvalue weighted by molar-refractivity contribution is -0.134. The number of hydrogen-bond acceptors (Lipinski definition) is 4. The molecule has 2 aromatic rings. The molecule has 1 aromatic carbocycles. The van der Waals surface area contributed by atoms with Gasteiger partial charge in [0.1, 0.15) is 5.75 Å². The molecule has 30 heavy (non-hydrogen) atoms. The Bertz CT molecular complexity index is 889. The predicted molar refractivity (Wildman–Crippen MR) is 115 cm³/mol. The SMILES string of the molecule is CCn1cc(CN2CC[C@@H]3[C@H](C2)[C@@H](c2ccc(OC)cc2)CN3C(=O)C2CC2)cn1. The number of benzene rings is 1. The third-order valence-electron chi connectivity index (χ3n) is 7.19. The molecule has 0 bridgehead atoms. The highest BCUT2D eigenvalue weighted by atomic mass is 16.5. The summed E-state index contributed by atoms with van der Waals surface area (Å²) >= 11 is 0. The van der Waals surface area contributed by atoms with Crippen molar-refractivity contribution in [3.8, 4) is 5.75 Å². The number of hydrogen-bond donors (Lipinski definition) is 0. The first-order valence-electron chi connectivity index (χ1n) is 11.3. The van der Waals surface area contributed by atoms with E-state index in [1.807, 2.05) is 10.9 Å². The lowest BCUT2D eigenvalue weighted by atomic mass is 9.81. The maximum atomic E-state index is 13.0. The Hall–Kier alpha value is -2.34. The maximum Gasteiger partial charge on any atom is 0.225 e. The Kier molecular flexibility index (Phi) is 5.27. The molecular formula is C24H32N4O2. The number of piperidine rings is 1. The second kappa shape index (κ2) is 8.06. The Balaban J connectivity index is 1.36. The number of nitrogens with zero attached hydrogens (tertiary/aromatic N) is 4. The van der Waals surface area contributed by atoms with Crippen molar-refractivity contribution in [1.29, 1.82) is 0 Å². The van der Waals surface area contributed by atoms with E-state index in [9.17, 15) is 4.79 Å². The number of likely N-dealkylation sites (tertiary alicyclic amines) is 2. The zero-order chi connectivity index (χ0) is 20.7. The topological polar surface area (TPSA) is 50.6 Å². The first-order valence-corrected chi connectivity index (χ1v) is 11.3. The van der Waals surface area contributed by atoms with Crippen molar-refractivity contribution in [2.24, 2.45) is 11.8 Å². The van der Waals surface area contributed by atoms with Crippen LogP contribution in [0.15, 0.2) is 36.7 Å². The Morgan fingerprint density at radius 2 is 1.97 bits per heavy atom. The third-order valence-corrected chi connectivity index (χ3v) is 7.19. The van der Waals surface area contributed by atoms with E-state index < -0.39 is 0 Å². The Morgan fingerprint density at radius 1 is 1.17 bits per heavy atom. The van der Waals surface area contributed by atoms with Gasteiger partial charge < -0.3 is 9.64 Å². The van der Waals surface area contributed by atoms with Crippen LogP contribution in [-0.4, -0.2) is 58.3 Å². The molecule has 3 atom stereocenters. The smallest absolute Gasteiger partial charge is 0.225 e. The second-order valence-electron chi connectivity index (χ2n) is 9.10. The normalized spacial score (nSPS) is 26.6. The number of methoxy groups -OCH3 is 1. The van der Waals surface area contributed by atoms with Crippen LogP contribution >= 0.6 is 0 Å². The van der Waals surface area contributed by atoms with Gasteiger partial charge in [-0.3, -0.25) is 14.4 Å². The molecule has 5 rings (SSSR count). The predicted octanol–water partition coefficient (Wildman–Crippen LogP) is 3.14. The largest absolute Gasteiger partial charge is 0.497 e. The van der Waals surface area contributed by atoms with Crippen LogP contribution in [0.2, 0.25) is 0 Å². The van der Waals surface area contributed by atoms with Gasteiger partial charge in [-0.05, 0) is 43.9 Å². The molecule has 0 spiro atoms. The van der Waals surface area contributed by atoms with Crippen LogP contribution in [0.4, 0.5) is 0 Å². The van der Waals surface area contributed by atoms with Gasteiger partial charge in [0.15, 0.2) is 0 Å². The van der Waals surface area contributed by atoms with E-state index in [-0.39, 0.29) is 5.92 Å². The summed E-state index contributed by atoms with van der Waals surface area (Å²) in [6, 6.07) is 8.86. The summed E-state index contributed by atoms with van der Waals surface area (Å²) < 4.78 is 7.35. The van der Waals surface area contributed by atoms with Gasteiger partial charge in [-0.15, -0.1) is 0 Å². The number of carbonyl (C=O) groups excluding carboxylic acids is 1. The maximum absolute atomic E-state index is 13.0. The van der Waals surface area contributed by atoms with Crippen LogP contribution in [0.1, 0.15) is 43.2 Å². The van der Waals surface area contributed by atoms with Gasteiger partial charge in [0.2, 0.25) is 5.91 Å². The minimum atomic E-state index is 0.290. The van der Waals surface area contributed by atoms with Crippen LogP contribution in [-0.2, 0) is 17.9 Å². The van der Waals surface area contributed by atoms with Crippen molar-refractivity contribution in [3.05, 3.63) is 47.8 Å². The zero-order valence-corrected chi connectivity index (χ0v) is 18.0. The summed E-state index contributed by atoms with van der Waals surface area (Å²) in [6.45, 7) is 6.90. The monoisotopic (exact) mass is 408 g/mol. The summed E-state index contributed by atoms with van der Waals surface area (Å²) in [4.78, 5) is 17.8. The minimum absolute atomic E-state index is 0.290. The van der Waals surface area contributed by atoms with Crippen molar-refractivity contribution in [2.45, 2.75) is 51.2 Å². The highest BCUT2D eigenvalue weighted by Gasteiger charge is 2.49. The van der Waals surface area contributed by atoms with E-state index in [2.05, 4.69) is 52.3 Å². The van der Waals surface area contributed by atoms with Crippen molar-refractivity contribution in [2.75, 3.05) is 26.7 Å². The first-order chi connectivity index (χ1) is 14.7. The van der Waals surface area contributed by atoms with Crippen LogP contribution in [0, 0.1) is 11.8 Å². The van der Waals surface area contributed by atoms with Gasteiger partial charge in [-0.1, -0.05) is 12.1 Å². The number of ether oxygens (including phenoxy) is 1. The molecule has 2 aliphatic heterocycles. The number of amides is 1. The summed E-state index contributed by atoms with van der Waals surface area (Å²) in [5.41, 5.74) is 2.61. The average Bonchev–Trinajstić information content (AvgIpc) is 3.43. The summed E-state index contributed by atoms with van der Waals surface area (Å²) in [5, 5.41) is 4.43. The zero-order valence-electron chi connectivity index (χ0n) is 18.0. The second-order valence-corrected chi connectivity index (χ2v) is 9.10. The lowest BCUT2D eigenvalue weighted by Crippen LogP contribution is -2.48. The Labute approximate surface area is 178 Å². The molecule has 0 radical (unpaired) electrons. The molecule has 1 aromatic heterocycles. The molecule has 3 fully saturated rings. The number of aryl methyl sites for hydroxylation is 1. The third kappa shape index (κ3) is 3.73. The van der Waals surface area contributed by atoms with Gasteiger partial charge in [-0.25, -0.2) is 0 Å². The summed E-state index contributed by atoms with van der Waals surface area (Å²) in [5.74, 6) is 2.45. The quantitative estimate of drug-likeness (QED) is 0.737. The van der Waals surface area contributed by atoms with E-state index in [1.54, 1.807) is 7.11 Å². The molecule has 1 saturated carbocycles. The molecule has 1 amide bonds. The molecule has 3 heterocycles. The Morgan fingerprint density at radius 3 is 2.63 bits per heavy atom. The fourth-order valence-electron chi connectivity index (χ4n) is 5.39. The van der Waals surface area contributed by atoms with E-state index in [0.717, 1.165) is 57.7 Å². The molecule has 0 N–H and O–H groups in total. The molecule has 6 nitrogen and oxygen atoms in total. The minimum Gasteiger partial charge on any atom is -0.497 e. The van der Waals surface area contributed by atoms with E-state index in [1.165, 1.54) is 11.1 Å². The highest BCUT2D eigenvalue weighted by molar-refractivity contribution is 5.82. The van der Waals surface area contributed by atoms with Gasteiger partial charge in [-0.2, -0.15) is 5.10 Å². The molecule has 2 saturated heterocycles. The fourth-order valence-corrected chi connectivity index (χ4v) is 5.39. The summed E-state index contributed by atoms with van der Waals surface area (Å²) in [7, 11) is 1.70. The lowest BCUT2D eigenvalue weighted by Gasteiger charge is -2.39. The fraction of sp³-hybridized carbons (Fsp3) is 0.583. The van der Waals surface area contributed by atoms with Crippen molar-refractivity contribution < 1.29 is 9.53 Å². The molecular weight excluding hydrogens is 376 g/mol. The molecule has 3 aliphatic rings. The van der Waals surface area contributed by atoms with E-state index in [0.29, 0.717) is 23.8 Å². The molecule has 6 heteroatoms. The number of fused-ring (bicyclic) bond motifs is 1. The van der Waals surface area contributed by atoms with E-state index in [4.69, 9.17) is 4.74 Å². The van der Waals surface area contributed by atoms with Crippen molar-refractivity contribution in [1.82, 2.24) is 19.6 Å². The van der Waals surface area contributed by atoms with Crippen molar-refractivity contribution >= 4 is 5.91 Å². The van der Waals surface area contributed by atoms with Gasteiger partial charge in [0.25, 0.3) is 0 Å². The van der Waals surface area contributed by atoms with E-state index >= 15 is 0 Å². The van der Waals surface area contributed by atoms with Gasteiger partial charge in [0, 0.05) is 68.3 Å². The van der Waals surface area contributed by atoms with Crippen LogP contribution in [0.3, 0.4) is 0 Å². The number of rotatable bonds is 6. The van der Waals surface area contributed by atoms with Crippen LogP contribution < -0.4 is 4.74 Å². The molecule has 0 unspecified atom stereocenters. The standard InChI is InChI=1S/C24H32N4O2/c1-3-27-14-17(12-25-27)13-26-11-10-23-22(15-26)21(16-28(23)24(29)19-4-5-19)18-6-8-20(30-2)9-7-18/h6-9,12,14,19,21-23H,3-5,10-11,13,15-16H2,1-2H3/t21-,22-,23-/m1/s1. The first kappa shape index (κ1) is 19.6. The molecule has 160 valence electrons.